The van der Waals surface area contributed by atoms with E-state index < -0.39 is 88.6 Å². The fourth-order valence-corrected chi connectivity index (χ4v) is 13.9. The third-order valence-corrected chi connectivity index (χ3v) is 19.2. The van der Waals surface area contributed by atoms with Crippen molar-refractivity contribution in [3.8, 4) is 0 Å². The van der Waals surface area contributed by atoms with Crippen molar-refractivity contribution in [1.29, 1.82) is 0 Å². The minimum Gasteiger partial charge on any atom is -0.748 e. The minimum atomic E-state index is -5.12. The number of nitrogens with one attached hydrogen (secondary N) is 2. The smallest absolute Gasteiger partial charge is 0.295 e. The number of carbonyl (C=O) groups excluding carboxylic acids is 2. The van der Waals surface area contributed by atoms with Crippen LogP contribution < -0.4 is 15.5 Å². The second-order valence-electron chi connectivity index (χ2n) is 21.7. The van der Waals surface area contributed by atoms with Gasteiger partial charge in [0.15, 0.2) is 5.71 Å². The van der Waals surface area contributed by atoms with Gasteiger partial charge in [0.1, 0.15) is 11.4 Å². The first-order chi connectivity index (χ1) is 39.6. The summed E-state index contributed by atoms with van der Waals surface area (Å²) in [5.41, 5.74) is 2.30. The van der Waals surface area contributed by atoms with E-state index in [0.717, 1.165) is 11.6 Å². The van der Waals surface area contributed by atoms with E-state index in [1.54, 1.807) is 71.9 Å². The number of anilines is 1. The van der Waals surface area contributed by atoms with Crippen LogP contribution in [0.5, 0.6) is 0 Å². The molecular weight excluding hydrogens is 1200 g/mol. The normalized spacial score (nSPS) is 15.9. The number of carbonyl (C=O) groups is 2. The summed E-state index contributed by atoms with van der Waals surface area (Å²) in [4.78, 5) is 30.3. The maximum Gasteiger partial charge on any atom is 0.295 e. The SMILES string of the molecule is CC1(C)C(/C=C/C(=C/C=C2/N(CCCS(=O)(=O)O)c3ccc4c(S(=O)(=O)O)cc(S(=O)(=O)O)cc4c3C2(C)C)c2ccc(C(=O)NCCCCCC(=O)NCc3ccccc3)cn2)=[N+](CCCS(=O)(=O)[O-])c2ccc3ccc(S(=O)(=O)O)cc3c21. The van der Waals surface area contributed by atoms with Gasteiger partial charge in [-0.2, -0.15) is 38.2 Å². The Morgan fingerprint density at radius 1 is 0.682 bits per heavy atom. The van der Waals surface area contributed by atoms with E-state index in [9.17, 15) is 74.4 Å². The number of allylic oxidation sites excluding steroid dienone is 6. The molecule has 3 heterocycles. The second-order valence-corrected chi connectivity index (χ2v) is 29.0. The standard InChI is InChI=1S/C58H63N5O17S5/c1-57(2)51(62(29-11-31-81(66,67)68)48-24-18-39-16-21-42(83(72,73)74)33-45(39)54(48)57)26-19-40(47-23-17-41(37-60-47)56(65)59-28-10-6-9-15-53(64)61-36-38-13-7-5-8-14-38)20-27-52-58(3,4)55-46-34-43(84(75,76)77)35-50(85(78,79)80)44(46)22-25-49(55)63(52)30-12-32-82(69,70)71/h5,7-8,13-14,16-27,33-35,37H,6,9-12,15,28-32,36H2,1-4H3,(H6-,59,61,64,65,66,67,68,69,70,71,72,73,74,75,76,77,78,79,80). The van der Waals surface area contributed by atoms with Crippen LogP contribution in [0.15, 0.2) is 148 Å². The molecule has 6 N–H and O–H groups in total. The van der Waals surface area contributed by atoms with E-state index in [1.165, 1.54) is 36.5 Å². The summed E-state index contributed by atoms with van der Waals surface area (Å²) in [6.07, 6.45) is 9.96. The lowest BCUT2D eigenvalue weighted by atomic mass is 9.79. The molecule has 0 saturated carbocycles. The third-order valence-electron chi connectivity index (χ3n) is 15.0. The molecule has 8 rings (SSSR count). The molecule has 85 heavy (non-hydrogen) atoms. The largest absolute Gasteiger partial charge is 0.748 e. The van der Waals surface area contributed by atoms with Crippen LogP contribution in [0, 0.1) is 0 Å². The summed E-state index contributed by atoms with van der Waals surface area (Å²) >= 11 is 0. The molecule has 0 unspecified atom stereocenters. The molecule has 1 aromatic heterocycles. The van der Waals surface area contributed by atoms with Gasteiger partial charge in [-0.3, -0.25) is 32.8 Å². The number of pyridine rings is 1. The fraction of sp³-hybridized carbons (Fsp3) is 0.310. The van der Waals surface area contributed by atoms with Gasteiger partial charge in [0, 0.05) is 89.9 Å². The van der Waals surface area contributed by atoms with Gasteiger partial charge in [-0.25, -0.2) is 8.42 Å². The molecule has 6 aromatic rings. The maximum atomic E-state index is 13.5. The number of benzene rings is 5. The van der Waals surface area contributed by atoms with E-state index in [2.05, 4.69) is 10.6 Å². The van der Waals surface area contributed by atoms with Gasteiger partial charge in [-0.15, -0.1) is 0 Å². The second kappa shape index (κ2) is 24.7. The number of amides is 2. The highest BCUT2D eigenvalue weighted by atomic mass is 32.2. The molecule has 27 heteroatoms. The third kappa shape index (κ3) is 15.0. The number of unbranched alkanes of at least 4 members (excludes halogenated alkanes) is 2. The molecule has 452 valence electrons. The van der Waals surface area contributed by atoms with Crippen LogP contribution >= 0.6 is 0 Å². The average Bonchev–Trinajstić information content (AvgIpc) is 1.67. The Hall–Kier alpha value is -7.05. The van der Waals surface area contributed by atoms with E-state index in [4.69, 9.17) is 4.98 Å². The van der Waals surface area contributed by atoms with Crippen LogP contribution in [-0.2, 0) is 72.8 Å². The Morgan fingerprint density at radius 3 is 2.02 bits per heavy atom. The number of hydrogen-bond donors (Lipinski definition) is 6. The Morgan fingerprint density at radius 2 is 1.38 bits per heavy atom. The first-order valence-electron chi connectivity index (χ1n) is 26.7. The zero-order valence-corrected chi connectivity index (χ0v) is 50.7. The van der Waals surface area contributed by atoms with Crippen LogP contribution in [0.4, 0.5) is 11.4 Å². The van der Waals surface area contributed by atoms with Crippen LogP contribution in [-0.4, -0.2) is 123 Å². The van der Waals surface area contributed by atoms with Crippen LogP contribution in [0.3, 0.4) is 0 Å². The molecular formula is C58H63N5O17S5. The van der Waals surface area contributed by atoms with E-state index >= 15 is 0 Å². The van der Waals surface area contributed by atoms with Gasteiger partial charge in [0.25, 0.3) is 46.4 Å². The molecule has 0 spiro atoms. The van der Waals surface area contributed by atoms with Gasteiger partial charge in [-0.1, -0.05) is 68.8 Å². The molecule has 0 saturated heterocycles. The highest BCUT2D eigenvalue weighted by Gasteiger charge is 2.46. The highest BCUT2D eigenvalue weighted by Crippen LogP contribution is 2.52. The van der Waals surface area contributed by atoms with Crippen LogP contribution in [0.25, 0.3) is 27.1 Å². The topological polar surface area (TPSA) is 352 Å². The molecule has 2 aliphatic rings. The van der Waals surface area contributed by atoms with Gasteiger partial charge < -0.3 is 20.1 Å². The van der Waals surface area contributed by atoms with Crippen molar-refractivity contribution in [3.05, 3.63) is 161 Å². The van der Waals surface area contributed by atoms with Crippen molar-refractivity contribution in [3.63, 3.8) is 0 Å². The van der Waals surface area contributed by atoms with Crippen molar-refractivity contribution in [2.75, 3.05) is 36.0 Å². The van der Waals surface area contributed by atoms with Crippen molar-refractivity contribution < 1.29 is 79.0 Å². The summed E-state index contributed by atoms with van der Waals surface area (Å²) in [6, 6.07) is 24.8. The van der Waals surface area contributed by atoms with Crippen molar-refractivity contribution in [2.24, 2.45) is 0 Å². The Bertz CT molecular complexity index is 4370. The molecule has 0 bridgehead atoms. The number of aromatic nitrogens is 1. The summed E-state index contributed by atoms with van der Waals surface area (Å²) in [7, 11) is -24.0. The molecule has 0 atom stereocenters. The van der Waals surface area contributed by atoms with E-state index in [1.807, 2.05) is 44.2 Å². The van der Waals surface area contributed by atoms with E-state index in [-0.39, 0.29) is 58.8 Å². The molecule has 0 fully saturated rings. The van der Waals surface area contributed by atoms with Gasteiger partial charge in [0.05, 0.1) is 42.3 Å². The first-order valence-corrected chi connectivity index (χ1v) is 34.2. The van der Waals surface area contributed by atoms with Crippen molar-refractivity contribution in [2.45, 2.75) is 98.3 Å². The molecule has 2 aliphatic heterocycles. The van der Waals surface area contributed by atoms with Gasteiger partial charge >= 0.3 is 0 Å². The van der Waals surface area contributed by atoms with Crippen LogP contribution in [0.2, 0.25) is 0 Å². The fourth-order valence-electron chi connectivity index (χ4n) is 11.0. The Kier molecular flexibility index (Phi) is 18.6. The molecule has 0 radical (unpaired) electrons. The summed E-state index contributed by atoms with van der Waals surface area (Å²) in [5.74, 6) is -1.91. The first kappa shape index (κ1) is 64.0. The number of fused-ring (bicyclic) bond motifs is 6. The number of rotatable bonds is 24. The zero-order chi connectivity index (χ0) is 62.1. The monoisotopic (exact) mass is 1260 g/mol. The average molecular weight is 1260 g/mol. The molecule has 5 aromatic carbocycles. The predicted molar refractivity (Wildman–Crippen MR) is 319 cm³/mol. The quantitative estimate of drug-likeness (QED) is 0.0147. The lowest BCUT2D eigenvalue weighted by Gasteiger charge is -2.27. The van der Waals surface area contributed by atoms with Gasteiger partial charge in [0.2, 0.25) is 11.6 Å². The Labute approximate surface area is 493 Å². The summed E-state index contributed by atoms with van der Waals surface area (Å²) < 4.78 is 178. The molecule has 0 aliphatic carbocycles. The van der Waals surface area contributed by atoms with Crippen molar-refractivity contribution in [1.82, 2.24) is 15.6 Å². The van der Waals surface area contributed by atoms with E-state index in [0.29, 0.717) is 95.1 Å². The zero-order valence-electron chi connectivity index (χ0n) is 46.6. The molecule has 2 amide bonds. The van der Waals surface area contributed by atoms with Crippen molar-refractivity contribution >= 4 is 107 Å². The summed E-state index contributed by atoms with van der Waals surface area (Å²) in [6.45, 7) is 7.77. The van der Waals surface area contributed by atoms with Gasteiger partial charge in [-0.05, 0) is 121 Å². The Balaban J connectivity index is 1.21. The number of hydrogen-bond acceptors (Lipinski definition) is 15. The number of nitrogens with zero attached hydrogens (tertiary/aromatic N) is 3. The summed E-state index contributed by atoms with van der Waals surface area (Å²) in [5, 5.41) is 6.74. The van der Waals surface area contributed by atoms with Crippen LogP contribution in [0.1, 0.15) is 99.0 Å². The minimum absolute atomic E-state index is 0.00414. The maximum absolute atomic E-state index is 13.5. The highest BCUT2D eigenvalue weighted by molar-refractivity contribution is 7.87. The lowest BCUT2D eigenvalue weighted by Crippen LogP contribution is -2.28. The predicted octanol–water partition coefficient (Wildman–Crippen LogP) is 7.65. The lowest BCUT2D eigenvalue weighted by molar-refractivity contribution is -0.437. The molecule has 22 nitrogen and oxygen atoms in total.